The van der Waals surface area contributed by atoms with Gasteiger partial charge in [-0.3, -0.25) is 0 Å². The number of hydrogen-bond acceptors (Lipinski definition) is 3. The summed E-state index contributed by atoms with van der Waals surface area (Å²) in [5.74, 6) is 5.66. The molecule has 19 heavy (non-hydrogen) atoms. The van der Waals surface area contributed by atoms with Crippen molar-refractivity contribution in [3.63, 3.8) is 0 Å². The lowest BCUT2D eigenvalue weighted by molar-refractivity contribution is 0.0978. The van der Waals surface area contributed by atoms with Crippen molar-refractivity contribution in [2.24, 2.45) is 5.73 Å². The summed E-state index contributed by atoms with van der Waals surface area (Å²) in [5, 5.41) is 0. The Morgan fingerprint density at radius 3 is 2.84 bits per heavy atom. The van der Waals surface area contributed by atoms with Crippen molar-refractivity contribution in [3.8, 4) is 17.6 Å². The Morgan fingerprint density at radius 2 is 2.11 bits per heavy atom. The summed E-state index contributed by atoms with van der Waals surface area (Å²) in [6, 6.07) is 4.27. The fourth-order valence-corrected chi connectivity index (χ4v) is 1.42. The lowest BCUT2D eigenvalue weighted by Crippen LogP contribution is -2.08. The molecule has 0 atom stereocenters. The zero-order valence-electron chi connectivity index (χ0n) is 11.2. The van der Waals surface area contributed by atoms with Gasteiger partial charge in [-0.15, -0.1) is 0 Å². The van der Waals surface area contributed by atoms with Gasteiger partial charge in [0.15, 0.2) is 0 Å². The van der Waals surface area contributed by atoms with Crippen LogP contribution in [0.5, 0.6) is 5.75 Å². The molecule has 2 N–H and O–H groups in total. The molecule has 4 heteroatoms. The van der Waals surface area contributed by atoms with Crippen LogP contribution in [0.1, 0.15) is 25.3 Å². The molecule has 1 aromatic carbocycles. The molecule has 0 aromatic heterocycles. The van der Waals surface area contributed by atoms with Gasteiger partial charge in [-0.2, -0.15) is 0 Å². The number of nitrogens with two attached hydrogens (primary N) is 1. The molecule has 0 saturated carbocycles. The van der Waals surface area contributed by atoms with E-state index in [2.05, 4.69) is 18.8 Å². The number of hydrogen-bond donors (Lipinski definition) is 1. The molecule has 0 heterocycles. The smallest absolute Gasteiger partial charge is 0.137 e. The summed E-state index contributed by atoms with van der Waals surface area (Å²) < 4.78 is 24.0. The molecule has 0 radical (unpaired) electrons. The van der Waals surface area contributed by atoms with Gasteiger partial charge >= 0.3 is 0 Å². The molecular weight excluding hydrogens is 245 g/mol. The molecule has 0 unspecified atom stereocenters. The molecule has 0 spiro atoms. The molecule has 0 bridgehead atoms. The van der Waals surface area contributed by atoms with Crippen molar-refractivity contribution in [2.45, 2.75) is 19.8 Å². The molecule has 0 saturated heterocycles. The highest BCUT2D eigenvalue weighted by atomic mass is 19.1. The van der Waals surface area contributed by atoms with Crippen LogP contribution in [-0.2, 0) is 4.74 Å². The first-order valence-corrected chi connectivity index (χ1v) is 6.47. The molecule has 0 aliphatic carbocycles. The average Bonchev–Trinajstić information content (AvgIpc) is 2.42. The molecule has 0 aliphatic heterocycles. The van der Waals surface area contributed by atoms with Gasteiger partial charge in [-0.25, -0.2) is 4.39 Å². The van der Waals surface area contributed by atoms with E-state index in [1.807, 2.05) is 0 Å². The molecule has 0 amide bonds. The second kappa shape index (κ2) is 9.37. The SMILES string of the molecule is CCCCOCCOc1cc(F)ccc1C#CCN. The minimum atomic E-state index is -0.347. The van der Waals surface area contributed by atoms with E-state index >= 15 is 0 Å². The summed E-state index contributed by atoms with van der Waals surface area (Å²) in [6.07, 6.45) is 2.14. The first-order chi connectivity index (χ1) is 9.27. The summed E-state index contributed by atoms with van der Waals surface area (Å²) in [6.45, 7) is 3.96. The zero-order valence-corrected chi connectivity index (χ0v) is 11.2. The highest BCUT2D eigenvalue weighted by molar-refractivity contribution is 5.46. The van der Waals surface area contributed by atoms with Gasteiger partial charge in [-0.1, -0.05) is 25.2 Å². The Morgan fingerprint density at radius 1 is 1.26 bits per heavy atom. The number of benzene rings is 1. The normalized spacial score (nSPS) is 9.84. The Hall–Kier alpha value is -1.57. The monoisotopic (exact) mass is 265 g/mol. The first-order valence-electron chi connectivity index (χ1n) is 6.47. The maximum absolute atomic E-state index is 13.2. The predicted molar refractivity (Wildman–Crippen MR) is 73.6 cm³/mol. The van der Waals surface area contributed by atoms with E-state index in [1.54, 1.807) is 6.07 Å². The van der Waals surface area contributed by atoms with Crippen LogP contribution >= 0.6 is 0 Å². The summed E-state index contributed by atoms with van der Waals surface area (Å²) in [5.41, 5.74) is 5.96. The lowest BCUT2D eigenvalue weighted by Gasteiger charge is -2.09. The van der Waals surface area contributed by atoms with Crippen molar-refractivity contribution >= 4 is 0 Å². The molecule has 104 valence electrons. The van der Waals surface area contributed by atoms with Crippen LogP contribution in [0.15, 0.2) is 18.2 Å². The summed E-state index contributed by atoms with van der Waals surface area (Å²) in [7, 11) is 0. The van der Waals surface area contributed by atoms with E-state index in [9.17, 15) is 4.39 Å². The van der Waals surface area contributed by atoms with Crippen molar-refractivity contribution < 1.29 is 13.9 Å². The Kier molecular flexibility index (Phi) is 7.64. The van der Waals surface area contributed by atoms with Gasteiger partial charge in [0.1, 0.15) is 18.2 Å². The Labute approximate surface area is 113 Å². The number of ether oxygens (including phenoxy) is 2. The van der Waals surface area contributed by atoms with Gasteiger partial charge < -0.3 is 15.2 Å². The van der Waals surface area contributed by atoms with Crippen LogP contribution in [0.25, 0.3) is 0 Å². The zero-order chi connectivity index (χ0) is 13.9. The van der Waals surface area contributed by atoms with Crippen LogP contribution in [0, 0.1) is 17.7 Å². The second-order valence-electron chi connectivity index (χ2n) is 3.96. The minimum Gasteiger partial charge on any atom is -0.490 e. The van der Waals surface area contributed by atoms with Crippen LogP contribution in [0.3, 0.4) is 0 Å². The molecule has 0 fully saturated rings. The topological polar surface area (TPSA) is 44.5 Å². The van der Waals surface area contributed by atoms with E-state index in [4.69, 9.17) is 15.2 Å². The van der Waals surface area contributed by atoms with Crippen LogP contribution in [-0.4, -0.2) is 26.4 Å². The number of rotatable bonds is 7. The van der Waals surface area contributed by atoms with Gasteiger partial charge in [0, 0.05) is 12.7 Å². The lowest BCUT2D eigenvalue weighted by atomic mass is 10.2. The Bertz CT molecular complexity index is 438. The maximum Gasteiger partial charge on any atom is 0.137 e. The third-order valence-electron chi connectivity index (χ3n) is 2.40. The largest absolute Gasteiger partial charge is 0.490 e. The standard InChI is InChI=1S/C15H20FNO2/c1-2-3-9-18-10-11-19-15-12-14(16)7-6-13(15)5-4-8-17/h6-7,12H,2-3,8-11,17H2,1H3. The summed E-state index contributed by atoms with van der Waals surface area (Å²) >= 11 is 0. The minimum absolute atomic E-state index is 0.261. The van der Waals surface area contributed by atoms with Crippen molar-refractivity contribution in [1.29, 1.82) is 0 Å². The third kappa shape index (κ3) is 6.23. The number of halogens is 1. The average molecular weight is 265 g/mol. The van der Waals surface area contributed by atoms with Crippen molar-refractivity contribution in [2.75, 3.05) is 26.4 Å². The van der Waals surface area contributed by atoms with Gasteiger partial charge in [0.2, 0.25) is 0 Å². The maximum atomic E-state index is 13.2. The van der Waals surface area contributed by atoms with Gasteiger partial charge in [0.05, 0.1) is 18.7 Å². The first kappa shape index (κ1) is 15.5. The Balaban J connectivity index is 2.49. The van der Waals surface area contributed by atoms with E-state index in [-0.39, 0.29) is 12.4 Å². The van der Waals surface area contributed by atoms with Crippen LogP contribution < -0.4 is 10.5 Å². The fraction of sp³-hybridized carbons (Fsp3) is 0.467. The molecule has 0 aliphatic rings. The van der Waals surface area contributed by atoms with E-state index in [0.717, 1.165) is 19.4 Å². The molecule has 1 rings (SSSR count). The predicted octanol–water partition coefficient (Wildman–Crippen LogP) is 2.33. The van der Waals surface area contributed by atoms with Crippen molar-refractivity contribution in [3.05, 3.63) is 29.6 Å². The third-order valence-corrected chi connectivity index (χ3v) is 2.40. The fourth-order valence-electron chi connectivity index (χ4n) is 1.42. The highest BCUT2D eigenvalue weighted by Crippen LogP contribution is 2.18. The van der Waals surface area contributed by atoms with Crippen molar-refractivity contribution in [1.82, 2.24) is 0 Å². The molecular formula is C15H20FNO2. The quantitative estimate of drug-likeness (QED) is 0.608. The van der Waals surface area contributed by atoms with Gasteiger partial charge in [0.25, 0.3) is 0 Å². The van der Waals surface area contributed by atoms with E-state index < -0.39 is 0 Å². The number of unbranched alkanes of at least 4 members (excludes halogenated alkanes) is 1. The molecule has 1 aromatic rings. The summed E-state index contributed by atoms with van der Waals surface area (Å²) in [4.78, 5) is 0. The van der Waals surface area contributed by atoms with E-state index in [1.165, 1.54) is 12.1 Å². The van der Waals surface area contributed by atoms with Crippen LogP contribution in [0.2, 0.25) is 0 Å². The second-order valence-corrected chi connectivity index (χ2v) is 3.96. The highest BCUT2D eigenvalue weighted by Gasteiger charge is 2.03. The van der Waals surface area contributed by atoms with Crippen LogP contribution in [0.4, 0.5) is 4.39 Å². The molecule has 3 nitrogen and oxygen atoms in total. The van der Waals surface area contributed by atoms with E-state index in [0.29, 0.717) is 24.5 Å². The van der Waals surface area contributed by atoms with Gasteiger partial charge in [-0.05, 0) is 18.6 Å².